The van der Waals surface area contributed by atoms with Crippen LogP contribution in [0.2, 0.25) is 0 Å². The van der Waals surface area contributed by atoms with Crippen molar-refractivity contribution in [2.75, 3.05) is 12.3 Å². The van der Waals surface area contributed by atoms with E-state index in [9.17, 15) is 13.2 Å². The van der Waals surface area contributed by atoms with Gasteiger partial charge in [-0.3, -0.25) is 4.68 Å². The minimum Gasteiger partial charge on any atom is -0.309 e. The second-order valence-corrected chi connectivity index (χ2v) is 3.97. The fourth-order valence-corrected chi connectivity index (χ4v) is 1.38. The fourth-order valence-electron chi connectivity index (χ4n) is 0.904. The Labute approximate surface area is 89.3 Å². The first-order valence-electron chi connectivity index (χ1n) is 4.23. The summed E-state index contributed by atoms with van der Waals surface area (Å²) in [6.07, 6.45) is 1.54. The zero-order chi connectivity index (χ0) is 11.3. The topological polar surface area (TPSA) is 42.7 Å². The largest absolute Gasteiger partial charge is 0.441 e. The smallest absolute Gasteiger partial charge is 0.309 e. The van der Waals surface area contributed by atoms with Crippen LogP contribution < -0.4 is 5.32 Å². The summed E-state index contributed by atoms with van der Waals surface area (Å²) in [6, 6.07) is 0. The van der Waals surface area contributed by atoms with E-state index in [2.05, 4.69) is 15.4 Å². The maximum atomic E-state index is 11.7. The van der Waals surface area contributed by atoms with Gasteiger partial charge in [0.15, 0.2) is 5.82 Å². The van der Waals surface area contributed by atoms with E-state index in [1.807, 2.05) is 0 Å². The number of hydrogen-bond acceptors (Lipinski definition) is 4. The van der Waals surface area contributed by atoms with Gasteiger partial charge in [0.1, 0.15) is 6.33 Å². The molecule has 0 aliphatic carbocycles. The van der Waals surface area contributed by atoms with Crippen molar-refractivity contribution in [2.45, 2.75) is 12.1 Å². The summed E-state index contributed by atoms with van der Waals surface area (Å²) >= 11 is -0.0346. The summed E-state index contributed by atoms with van der Waals surface area (Å²) in [5.41, 5.74) is -4.15. The quantitative estimate of drug-likeness (QED) is 0.784. The van der Waals surface area contributed by atoms with Crippen LogP contribution in [0.25, 0.3) is 0 Å². The molecule has 1 heterocycles. The second-order valence-electron chi connectivity index (χ2n) is 2.81. The molecule has 1 rings (SSSR count). The minimum atomic E-state index is -4.15. The number of aryl methyl sites for hydroxylation is 1. The van der Waals surface area contributed by atoms with Gasteiger partial charge in [-0.15, -0.1) is 0 Å². The molecule has 0 spiro atoms. The molecule has 0 aliphatic rings. The van der Waals surface area contributed by atoms with Gasteiger partial charge in [0.2, 0.25) is 0 Å². The molecule has 0 bridgehead atoms. The zero-order valence-corrected chi connectivity index (χ0v) is 8.90. The van der Waals surface area contributed by atoms with Gasteiger partial charge in [0.05, 0.1) is 6.54 Å². The van der Waals surface area contributed by atoms with E-state index < -0.39 is 5.51 Å². The van der Waals surface area contributed by atoms with E-state index in [1.54, 1.807) is 18.1 Å². The number of halogens is 3. The first kappa shape index (κ1) is 12.3. The third kappa shape index (κ3) is 5.63. The SMILES string of the molecule is Cn1cnc(CNCCSC(F)(F)F)n1. The van der Waals surface area contributed by atoms with Gasteiger partial charge in [-0.05, 0) is 11.8 Å². The summed E-state index contributed by atoms with van der Waals surface area (Å²) in [5, 5.41) is 6.80. The normalized spacial score (nSPS) is 12.0. The van der Waals surface area contributed by atoms with Crippen molar-refractivity contribution in [3.8, 4) is 0 Å². The molecular weight excluding hydrogens is 229 g/mol. The van der Waals surface area contributed by atoms with Crippen molar-refractivity contribution in [3.05, 3.63) is 12.2 Å². The minimum absolute atomic E-state index is 0.00364. The maximum absolute atomic E-state index is 11.7. The first-order valence-corrected chi connectivity index (χ1v) is 5.22. The van der Waals surface area contributed by atoms with Gasteiger partial charge < -0.3 is 5.32 Å². The summed E-state index contributed by atoms with van der Waals surface area (Å²) in [6.45, 7) is 0.668. The van der Waals surface area contributed by atoms with Crippen molar-refractivity contribution >= 4 is 11.8 Å². The molecule has 0 radical (unpaired) electrons. The molecule has 0 fully saturated rings. The van der Waals surface area contributed by atoms with Crippen LogP contribution in [-0.4, -0.2) is 32.6 Å². The summed E-state index contributed by atoms with van der Waals surface area (Å²) < 4.78 is 36.7. The van der Waals surface area contributed by atoms with Crippen LogP contribution in [0.15, 0.2) is 6.33 Å². The monoisotopic (exact) mass is 240 g/mol. The number of thioether (sulfide) groups is 1. The Kier molecular flexibility index (Phi) is 4.40. The molecule has 0 saturated carbocycles. The first-order chi connectivity index (χ1) is 6.97. The Morgan fingerprint density at radius 3 is 2.80 bits per heavy atom. The second kappa shape index (κ2) is 5.36. The average Bonchev–Trinajstić information content (AvgIpc) is 2.49. The molecule has 8 heteroatoms. The fraction of sp³-hybridized carbons (Fsp3) is 0.714. The lowest BCUT2D eigenvalue weighted by atomic mass is 10.6. The summed E-state index contributed by atoms with van der Waals surface area (Å²) in [4.78, 5) is 3.92. The van der Waals surface area contributed by atoms with Crippen molar-refractivity contribution < 1.29 is 13.2 Å². The predicted molar refractivity (Wildman–Crippen MR) is 51.2 cm³/mol. The third-order valence-corrected chi connectivity index (χ3v) is 2.21. The highest BCUT2D eigenvalue weighted by Crippen LogP contribution is 2.29. The Bertz CT molecular complexity index is 299. The number of nitrogens with zero attached hydrogens (tertiary/aromatic N) is 3. The number of hydrogen-bond donors (Lipinski definition) is 1. The molecule has 0 aliphatic heterocycles. The van der Waals surface area contributed by atoms with Crippen LogP contribution in [-0.2, 0) is 13.6 Å². The lowest BCUT2D eigenvalue weighted by molar-refractivity contribution is -0.0327. The van der Waals surface area contributed by atoms with Gasteiger partial charge in [0, 0.05) is 19.3 Å². The van der Waals surface area contributed by atoms with Crippen LogP contribution in [0.4, 0.5) is 13.2 Å². The highest BCUT2D eigenvalue weighted by Gasteiger charge is 2.27. The van der Waals surface area contributed by atoms with Crippen LogP contribution in [0.5, 0.6) is 0 Å². The van der Waals surface area contributed by atoms with E-state index in [1.165, 1.54) is 0 Å². The molecule has 0 aromatic carbocycles. The molecule has 0 amide bonds. The molecule has 4 nitrogen and oxygen atoms in total. The molecule has 1 N–H and O–H groups in total. The molecule has 15 heavy (non-hydrogen) atoms. The molecular formula is C7H11F3N4S. The van der Waals surface area contributed by atoms with Crippen LogP contribution in [0.3, 0.4) is 0 Å². The number of alkyl halides is 3. The van der Waals surface area contributed by atoms with Crippen LogP contribution in [0, 0.1) is 0 Å². The van der Waals surface area contributed by atoms with E-state index in [4.69, 9.17) is 0 Å². The molecule has 86 valence electrons. The van der Waals surface area contributed by atoms with Gasteiger partial charge >= 0.3 is 5.51 Å². The average molecular weight is 240 g/mol. The number of rotatable bonds is 5. The summed E-state index contributed by atoms with van der Waals surface area (Å²) in [5.74, 6) is 0.575. The maximum Gasteiger partial charge on any atom is 0.441 e. The van der Waals surface area contributed by atoms with Crippen LogP contribution >= 0.6 is 11.8 Å². The predicted octanol–water partition coefficient (Wildman–Crippen LogP) is 1.16. The van der Waals surface area contributed by atoms with E-state index in [0.717, 1.165) is 0 Å². The van der Waals surface area contributed by atoms with Crippen molar-refractivity contribution in [1.29, 1.82) is 0 Å². The van der Waals surface area contributed by atoms with Crippen molar-refractivity contribution in [1.82, 2.24) is 20.1 Å². The summed E-state index contributed by atoms with van der Waals surface area (Å²) in [7, 11) is 1.73. The highest BCUT2D eigenvalue weighted by molar-refractivity contribution is 8.00. The van der Waals surface area contributed by atoms with Gasteiger partial charge in [0.25, 0.3) is 0 Å². The van der Waals surface area contributed by atoms with Gasteiger partial charge in [-0.25, -0.2) is 4.98 Å². The van der Waals surface area contributed by atoms with E-state index in [-0.39, 0.29) is 24.1 Å². The van der Waals surface area contributed by atoms with E-state index in [0.29, 0.717) is 12.4 Å². The number of nitrogens with one attached hydrogen (secondary N) is 1. The third-order valence-electron chi connectivity index (χ3n) is 1.47. The lowest BCUT2D eigenvalue weighted by Crippen LogP contribution is -2.19. The zero-order valence-electron chi connectivity index (χ0n) is 8.08. The van der Waals surface area contributed by atoms with Gasteiger partial charge in [-0.2, -0.15) is 18.3 Å². The lowest BCUT2D eigenvalue weighted by Gasteiger charge is -2.05. The molecule has 0 atom stereocenters. The van der Waals surface area contributed by atoms with E-state index >= 15 is 0 Å². The van der Waals surface area contributed by atoms with Gasteiger partial charge in [-0.1, -0.05) is 0 Å². The van der Waals surface area contributed by atoms with Crippen LogP contribution in [0.1, 0.15) is 5.82 Å². The number of aromatic nitrogens is 3. The Hall–Kier alpha value is -0.760. The molecule has 0 unspecified atom stereocenters. The Morgan fingerprint density at radius 2 is 2.27 bits per heavy atom. The molecule has 1 aromatic rings. The Morgan fingerprint density at radius 1 is 1.53 bits per heavy atom. The standard InChI is InChI=1S/C7H11F3N4S/c1-14-5-12-6(13-14)4-11-2-3-15-7(8,9)10/h5,11H,2-4H2,1H3. The van der Waals surface area contributed by atoms with Crippen molar-refractivity contribution in [3.63, 3.8) is 0 Å². The molecule has 1 aromatic heterocycles. The highest BCUT2D eigenvalue weighted by atomic mass is 32.2. The Balaban J connectivity index is 2.07. The molecule has 0 saturated heterocycles. The van der Waals surface area contributed by atoms with Crippen molar-refractivity contribution in [2.24, 2.45) is 7.05 Å².